The van der Waals surface area contributed by atoms with Crippen molar-refractivity contribution in [3.8, 4) is 5.75 Å². The summed E-state index contributed by atoms with van der Waals surface area (Å²) in [6.45, 7) is 0. The van der Waals surface area contributed by atoms with Crippen LogP contribution in [-0.4, -0.2) is 34.0 Å². The number of fused-ring (bicyclic) bond motifs is 1. The van der Waals surface area contributed by atoms with Crippen molar-refractivity contribution in [1.29, 1.82) is 0 Å². The molecule has 4 rings (SSSR count). The Morgan fingerprint density at radius 3 is 2.37 bits per heavy atom. The van der Waals surface area contributed by atoms with E-state index in [4.69, 9.17) is 11.6 Å². The number of hydrogen-bond acceptors (Lipinski definition) is 5. The lowest BCUT2D eigenvalue weighted by molar-refractivity contribution is -0.142. The first-order valence-corrected chi connectivity index (χ1v) is 8.68. The van der Waals surface area contributed by atoms with Crippen LogP contribution in [0.15, 0.2) is 48.5 Å². The van der Waals surface area contributed by atoms with E-state index in [0.717, 1.165) is 4.90 Å². The molecule has 7 nitrogen and oxygen atoms in total. The van der Waals surface area contributed by atoms with Gasteiger partial charge in [0, 0.05) is 16.6 Å². The van der Waals surface area contributed by atoms with Gasteiger partial charge in [0.1, 0.15) is 11.8 Å². The Balaban J connectivity index is 1.81. The molecular weight excluding hydrogens is 372 g/mol. The van der Waals surface area contributed by atoms with Crippen molar-refractivity contribution < 1.29 is 24.6 Å². The number of aliphatic carboxylic acids is 1. The maximum Gasteiger partial charge on any atom is 0.321 e. The van der Waals surface area contributed by atoms with Crippen LogP contribution in [0.5, 0.6) is 5.75 Å². The second kappa shape index (κ2) is 6.37. The number of phenolic OH excluding ortho intramolecular Hbond substituents is 1. The fourth-order valence-corrected chi connectivity index (χ4v) is 4.11. The van der Waals surface area contributed by atoms with Crippen LogP contribution in [0.4, 0.5) is 5.69 Å². The van der Waals surface area contributed by atoms with Crippen LogP contribution in [0.2, 0.25) is 5.02 Å². The van der Waals surface area contributed by atoms with Gasteiger partial charge in [-0.2, -0.15) is 0 Å². The van der Waals surface area contributed by atoms with Crippen LogP contribution in [0.1, 0.15) is 11.6 Å². The number of anilines is 1. The van der Waals surface area contributed by atoms with Crippen LogP contribution in [0.3, 0.4) is 0 Å². The SMILES string of the molecule is O=C(O)[C@@H]1N[C@H](c2cc(Cl)ccc2O)[C@@H]2C(=O)N(c3ccccc3)C(=O)[C@@H]21. The number of imide groups is 1. The predicted molar refractivity (Wildman–Crippen MR) is 96.3 cm³/mol. The Labute approximate surface area is 159 Å². The number of nitrogens with one attached hydrogen (secondary N) is 1. The summed E-state index contributed by atoms with van der Waals surface area (Å²) >= 11 is 6.01. The van der Waals surface area contributed by atoms with Gasteiger partial charge in [0.15, 0.2) is 0 Å². The molecule has 2 aromatic carbocycles. The Bertz CT molecular complexity index is 948. The Morgan fingerprint density at radius 2 is 1.70 bits per heavy atom. The zero-order chi connectivity index (χ0) is 19.3. The molecule has 0 radical (unpaired) electrons. The average Bonchev–Trinajstić information content (AvgIpc) is 3.15. The normalized spacial score (nSPS) is 27.1. The highest BCUT2D eigenvalue weighted by Gasteiger charge is 2.61. The number of rotatable bonds is 3. The Kier molecular flexibility index (Phi) is 4.13. The van der Waals surface area contributed by atoms with Crippen LogP contribution in [-0.2, 0) is 14.4 Å². The van der Waals surface area contributed by atoms with E-state index in [1.165, 1.54) is 18.2 Å². The van der Waals surface area contributed by atoms with Crippen molar-refractivity contribution in [2.45, 2.75) is 12.1 Å². The number of phenols is 1. The summed E-state index contributed by atoms with van der Waals surface area (Å²) in [5, 5.41) is 22.9. The summed E-state index contributed by atoms with van der Waals surface area (Å²) in [4.78, 5) is 38.8. The van der Waals surface area contributed by atoms with Crippen LogP contribution >= 0.6 is 11.6 Å². The molecule has 0 aliphatic carbocycles. The minimum absolute atomic E-state index is 0.125. The smallest absolute Gasteiger partial charge is 0.321 e. The van der Waals surface area contributed by atoms with Gasteiger partial charge in [-0.05, 0) is 30.3 Å². The number of para-hydroxylation sites is 1. The molecule has 4 atom stereocenters. The van der Waals surface area contributed by atoms with E-state index in [9.17, 15) is 24.6 Å². The standard InChI is InChI=1S/C19H15ClN2O5/c20-9-6-7-12(23)11(8-9)15-13-14(16(21-15)19(26)27)18(25)22(17(13)24)10-4-2-1-3-5-10/h1-8,13-16,21,23H,(H,26,27)/t13-,14+,15-,16-/m1/s1. The quantitative estimate of drug-likeness (QED) is 0.696. The van der Waals surface area contributed by atoms with Gasteiger partial charge in [-0.1, -0.05) is 29.8 Å². The van der Waals surface area contributed by atoms with Crippen molar-refractivity contribution in [3.63, 3.8) is 0 Å². The molecule has 0 aromatic heterocycles. The lowest BCUT2D eigenvalue weighted by Crippen LogP contribution is -2.43. The number of carboxylic acid groups (broad SMARTS) is 1. The van der Waals surface area contributed by atoms with Gasteiger partial charge in [-0.15, -0.1) is 0 Å². The molecule has 3 N–H and O–H groups in total. The number of carbonyl (C=O) groups is 3. The van der Waals surface area contributed by atoms with Gasteiger partial charge in [0.2, 0.25) is 11.8 Å². The number of benzene rings is 2. The fraction of sp³-hybridized carbons (Fsp3) is 0.211. The highest BCUT2D eigenvalue weighted by molar-refractivity contribution is 6.30. The van der Waals surface area contributed by atoms with Crippen molar-refractivity contribution in [2.24, 2.45) is 11.8 Å². The van der Waals surface area contributed by atoms with Gasteiger partial charge in [0.05, 0.1) is 17.5 Å². The van der Waals surface area contributed by atoms with Crippen molar-refractivity contribution in [2.75, 3.05) is 4.90 Å². The molecule has 2 fully saturated rings. The number of aromatic hydroxyl groups is 1. The maximum atomic E-state index is 13.1. The Hall–Kier alpha value is -2.90. The highest BCUT2D eigenvalue weighted by Crippen LogP contribution is 2.47. The summed E-state index contributed by atoms with van der Waals surface area (Å²) < 4.78 is 0. The van der Waals surface area contributed by atoms with Crippen molar-refractivity contribution >= 4 is 35.1 Å². The van der Waals surface area contributed by atoms with Crippen molar-refractivity contribution in [1.82, 2.24) is 5.32 Å². The molecule has 2 aromatic rings. The second-order valence-corrected chi connectivity index (χ2v) is 7.00. The summed E-state index contributed by atoms with van der Waals surface area (Å²) in [7, 11) is 0. The minimum atomic E-state index is -1.25. The second-order valence-electron chi connectivity index (χ2n) is 6.56. The molecule has 0 unspecified atom stereocenters. The van der Waals surface area contributed by atoms with Gasteiger partial charge >= 0.3 is 5.97 Å². The van der Waals surface area contributed by atoms with Crippen LogP contribution < -0.4 is 10.2 Å². The molecule has 0 bridgehead atoms. The summed E-state index contributed by atoms with van der Waals surface area (Å²) in [5.74, 6) is -4.45. The number of carboxylic acids is 1. The highest BCUT2D eigenvalue weighted by atomic mass is 35.5. The van der Waals surface area contributed by atoms with E-state index < -0.39 is 41.7 Å². The maximum absolute atomic E-state index is 13.1. The first-order chi connectivity index (χ1) is 12.9. The van der Waals surface area contributed by atoms with Gasteiger partial charge < -0.3 is 10.2 Å². The fourth-order valence-electron chi connectivity index (χ4n) is 3.93. The van der Waals surface area contributed by atoms with E-state index in [2.05, 4.69) is 5.32 Å². The predicted octanol–water partition coefficient (Wildman–Crippen LogP) is 1.95. The molecule has 138 valence electrons. The molecule has 2 amide bonds. The third-order valence-corrected chi connectivity index (χ3v) is 5.32. The molecule has 2 aliphatic heterocycles. The van der Waals surface area contributed by atoms with Crippen LogP contribution in [0.25, 0.3) is 0 Å². The average molecular weight is 387 g/mol. The van der Waals surface area contributed by atoms with E-state index in [-0.39, 0.29) is 11.3 Å². The van der Waals surface area contributed by atoms with Crippen molar-refractivity contribution in [3.05, 3.63) is 59.1 Å². The first kappa shape index (κ1) is 17.5. The number of halogens is 1. The lowest BCUT2D eigenvalue weighted by atomic mass is 9.86. The van der Waals surface area contributed by atoms with E-state index >= 15 is 0 Å². The zero-order valence-corrected chi connectivity index (χ0v) is 14.6. The number of carbonyl (C=O) groups excluding carboxylic acids is 2. The molecule has 0 saturated carbocycles. The molecule has 2 heterocycles. The van der Waals surface area contributed by atoms with Gasteiger partial charge in [-0.3, -0.25) is 19.7 Å². The third kappa shape index (κ3) is 2.67. The van der Waals surface area contributed by atoms with Crippen LogP contribution in [0, 0.1) is 11.8 Å². The first-order valence-electron chi connectivity index (χ1n) is 8.30. The molecule has 0 spiro atoms. The molecule has 2 saturated heterocycles. The van der Waals surface area contributed by atoms with E-state index in [1.54, 1.807) is 30.3 Å². The molecular formula is C19H15ClN2O5. The molecule has 8 heteroatoms. The minimum Gasteiger partial charge on any atom is -0.508 e. The number of amides is 2. The summed E-state index contributed by atoms with van der Waals surface area (Å²) in [5.41, 5.74) is 0.678. The topological polar surface area (TPSA) is 107 Å². The Morgan fingerprint density at radius 1 is 1.04 bits per heavy atom. The monoisotopic (exact) mass is 386 g/mol. The number of hydrogen-bond donors (Lipinski definition) is 3. The summed E-state index contributed by atoms with van der Waals surface area (Å²) in [6, 6.07) is 10.6. The van der Waals surface area contributed by atoms with E-state index in [0.29, 0.717) is 10.7 Å². The van der Waals surface area contributed by atoms with Gasteiger partial charge in [-0.25, -0.2) is 4.90 Å². The van der Waals surface area contributed by atoms with Gasteiger partial charge in [0.25, 0.3) is 0 Å². The molecule has 27 heavy (non-hydrogen) atoms. The van der Waals surface area contributed by atoms with E-state index in [1.807, 2.05) is 0 Å². The zero-order valence-electron chi connectivity index (χ0n) is 13.9. The molecule has 2 aliphatic rings. The number of nitrogens with zero attached hydrogens (tertiary/aromatic N) is 1. The lowest BCUT2D eigenvalue weighted by Gasteiger charge is -2.22. The summed E-state index contributed by atoms with van der Waals surface area (Å²) in [6.07, 6.45) is 0. The largest absolute Gasteiger partial charge is 0.508 e. The third-order valence-electron chi connectivity index (χ3n) is 5.08.